The molecule has 1 aromatic carbocycles. The van der Waals surface area contributed by atoms with Gasteiger partial charge in [0.15, 0.2) is 0 Å². The minimum atomic E-state index is 0.270. The number of benzene rings is 1. The molecule has 1 aromatic rings. The lowest BCUT2D eigenvalue weighted by atomic mass is 9.95. The Balaban J connectivity index is 3.40. The number of anilines is 1. The molecule has 0 unspecified atom stereocenters. The molecular weight excluding hydrogens is 174 g/mol. The Kier molecular flexibility index (Phi) is 3.18. The van der Waals surface area contributed by atoms with Gasteiger partial charge >= 0.3 is 0 Å². The lowest BCUT2D eigenvalue weighted by Crippen LogP contribution is -1.98. The summed E-state index contributed by atoms with van der Waals surface area (Å²) in [5, 5.41) is 12.6. The lowest BCUT2D eigenvalue weighted by molar-refractivity contribution is 0.477. The molecule has 0 saturated carbocycles. The lowest BCUT2D eigenvalue weighted by Gasteiger charge is -2.15. The summed E-state index contributed by atoms with van der Waals surface area (Å²) >= 11 is 0. The van der Waals surface area contributed by atoms with E-state index in [1.165, 1.54) is 5.56 Å². The largest absolute Gasteiger partial charge is 0.506 e. The molecule has 2 nitrogen and oxygen atoms in total. The normalized spacial score (nSPS) is 10.3. The minimum absolute atomic E-state index is 0.270. The van der Waals surface area contributed by atoms with Crippen LogP contribution in [0.1, 0.15) is 30.9 Å². The average molecular weight is 191 g/mol. The van der Waals surface area contributed by atoms with E-state index in [0.29, 0.717) is 5.92 Å². The van der Waals surface area contributed by atoms with E-state index in [1.54, 1.807) is 19.2 Å². The molecule has 0 aliphatic carbocycles. The van der Waals surface area contributed by atoms with E-state index in [9.17, 15) is 5.11 Å². The van der Waals surface area contributed by atoms with Crippen LogP contribution in [0.15, 0.2) is 18.7 Å². The third-order valence-corrected chi connectivity index (χ3v) is 2.33. The summed E-state index contributed by atoms with van der Waals surface area (Å²) < 4.78 is 0. The number of hydrogen-bond donors (Lipinski definition) is 2. The summed E-state index contributed by atoms with van der Waals surface area (Å²) in [4.78, 5) is 0. The van der Waals surface area contributed by atoms with Crippen LogP contribution in [0.4, 0.5) is 5.69 Å². The van der Waals surface area contributed by atoms with E-state index in [4.69, 9.17) is 0 Å². The van der Waals surface area contributed by atoms with Gasteiger partial charge in [0.05, 0.1) is 5.69 Å². The van der Waals surface area contributed by atoms with E-state index >= 15 is 0 Å². The van der Waals surface area contributed by atoms with Crippen LogP contribution in [0.3, 0.4) is 0 Å². The number of hydrogen-bond acceptors (Lipinski definition) is 2. The first-order chi connectivity index (χ1) is 6.61. The molecule has 0 aromatic heterocycles. The van der Waals surface area contributed by atoms with E-state index in [-0.39, 0.29) is 5.75 Å². The molecule has 0 aliphatic heterocycles. The van der Waals surface area contributed by atoms with Crippen LogP contribution >= 0.6 is 0 Å². The molecule has 0 saturated heterocycles. The predicted molar refractivity (Wildman–Crippen MR) is 61.8 cm³/mol. The van der Waals surface area contributed by atoms with Crippen molar-refractivity contribution >= 4 is 11.8 Å². The fraction of sp³-hybridized carbons (Fsp3) is 0.333. The molecule has 14 heavy (non-hydrogen) atoms. The number of aromatic hydroxyl groups is 1. The fourth-order valence-corrected chi connectivity index (χ4v) is 1.61. The van der Waals surface area contributed by atoms with Gasteiger partial charge in [-0.1, -0.05) is 32.6 Å². The summed E-state index contributed by atoms with van der Waals surface area (Å²) in [6.45, 7) is 8.02. The van der Waals surface area contributed by atoms with Crippen molar-refractivity contribution in [2.24, 2.45) is 0 Å². The molecule has 2 heteroatoms. The number of rotatable bonds is 3. The van der Waals surface area contributed by atoms with Gasteiger partial charge in [0.1, 0.15) is 5.75 Å². The van der Waals surface area contributed by atoms with Crippen LogP contribution in [-0.4, -0.2) is 12.2 Å². The summed E-state index contributed by atoms with van der Waals surface area (Å²) in [5.74, 6) is 0.697. The summed E-state index contributed by atoms with van der Waals surface area (Å²) in [6.07, 6.45) is 1.78. The highest BCUT2D eigenvalue weighted by atomic mass is 16.3. The standard InChI is InChI=1S/C12H17NO/c1-5-9-10(8(2)3)6-7-11(14)12(9)13-4/h5-8,13-14H,1H2,2-4H3. The van der Waals surface area contributed by atoms with Crippen molar-refractivity contribution in [2.45, 2.75) is 19.8 Å². The van der Waals surface area contributed by atoms with Crippen LogP contribution in [0.2, 0.25) is 0 Å². The highest BCUT2D eigenvalue weighted by Gasteiger charge is 2.11. The van der Waals surface area contributed by atoms with Gasteiger partial charge in [-0.3, -0.25) is 0 Å². The highest BCUT2D eigenvalue weighted by Crippen LogP contribution is 2.33. The van der Waals surface area contributed by atoms with Gasteiger partial charge in [-0.25, -0.2) is 0 Å². The Morgan fingerprint density at radius 1 is 1.43 bits per heavy atom. The Morgan fingerprint density at radius 3 is 2.50 bits per heavy atom. The van der Waals surface area contributed by atoms with Gasteiger partial charge in [-0.2, -0.15) is 0 Å². The number of nitrogens with one attached hydrogen (secondary N) is 1. The van der Waals surface area contributed by atoms with E-state index in [2.05, 4.69) is 25.7 Å². The Morgan fingerprint density at radius 2 is 2.07 bits per heavy atom. The number of phenolic OH excluding ortho intramolecular Hbond substituents is 1. The van der Waals surface area contributed by atoms with Gasteiger partial charge in [-0.05, 0) is 17.5 Å². The minimum Gasteiger partial charge on any atom is -0.506 e. The van der Waals surface area contributed by atoms with Gasteiger partial charge in [0.2, 0.25) is 0 Å². The summed E-state index contributed by atoms with van der Waals surface area (Å²) in [7, 11) is 1.80. The second-order valence-electron chi connectivity index (χ2n) is 3.57. The molecule has 76 valence electrons. The maximum Gasteiger partial charge on any atom is 0.139 e. The molecule has 0 spiro atoms. The van der Waals surface area contributed by atoms with Crippen molar-refractivity contribution in [3.8, 4) is 5.75 Å². The van der Waals surface area contributed by atoms with Gasteiger partial charge in [-0.15, -0.1) is 0 Å². The van der Waals surface area contributed by atoms with Crippen molar-refractivity contribution < 1.29 is 5.11 Å². The van der Waals surface area contributed by atoms with Crippen molar-refractivity contribution in [3.05, 3.63) is 29.8 Å². The first-order valence-electron chi connectivity index (χ1n) is 4.77. The van der Waals surface area contributed by atoms with Crippen LogP contribution in [0.25, 0.3) is 6.08 Å². The molecule has 0 heterocycles. The van der Waals surface area contributed by atoms with Crippen LogP contribution < -0.4 is 5.32 Å². The predicted octanol–water partition coefficient (Wildman–Crippen LogP) is 3.20. The Hall–Kier alpha value is -1.44. The molecular formula is C12H17NO. The second kappa shape index (κ2) is 4.18. The topological polar surface area (TPSA) is 32.3 Å². The van der Waals surface area contributed by atoms with E-state index < -0.39 is 0 Å². The molecule has 0 atom stereocenters. The molecule has 1 rings (SSSR count). The first kappa shape index (κ1) is 10.6. The van der Waals surface area contributed by atoms with E-state index in [0.717, 1.165) is 11.3 Å². The third kappa shape index (κ3) is 1.74. The molecule has 2 N–H and O–H groups in total. The number of phenols is 1. The summed E-state index contributed by atoms with van der Waals surface area (Å²) in [6, 6.07) is 3.66. The van der Waals surface area contributed by atoms with Gasteiger partial charge in [0.25, 0.3) is 0 Å². The molecule has 0 aliphatic rings. The van der Waals surface area contributed by atoms with Gasteiger partial charge in [0, 0.05) is 12.6 Å². The smallest absolute Gasteiger partial charge is 0.139 e. The maximum absolute atomic E-state index is 9.62. The monoisotopic (exact) mass is 191 g/mol. The highest BCUT2D eigenvalue weighted by molar-refractivity contribution is 5.74. The van der Waals surface area contributed by atoms with Crippen molar-refractivity contribution in [3.63, 3.8) is 0 Å². The maximum atomic E-state index is 9.62. The van der Waals surface area contributed by atoms with Crippen molar-refractivity contribution in [1.29, 1.82) is 0 Å². The van der Waals surface area contributed by atoms with Crippen LogP contribution in [0, 0.1) is 0 Å². The zero-order valence-electron chi connectivity index (χ0n) is 8.96. The Labute approximate surface area is 85.3 Å². The second-order valence-corrected chi connectivity index (χ2v) is 3.57. The van der Waals surface area contributed by atoms with Crippen molar-refractivity contribution in [2.75, 3.05) is 12.4 Å². The Bertz CT molecular complexity index is 342. The summed E-state index contributed by atoms with van der Waals surface area (Å²) in [5.41, 5.74) is 2.94. The quantitative estimate of drug-likeness (QED) is 0.719. The van der Waals surface area contributed by atoms with Crippen molar-refractivity contribution in [1.82, 2.24) is 0 Å². The zero-order valence-corrected chi connectivity index (χ0v) is 8.96. The van der Waals surface area contributed by atoms with Crippen LogP contribution in [-0.2, 0) is 0 Å². The fourth-order valence-electron chi connectivity index (χ4n) is 1.61. The van der Waals surface area contributed by atoms with Crippen LogP contribution in [0.5, 0.6) is 5.75 Å². The molecule has 0 amide bonds. The molecule has 0 radical (unpaired) electrons. The average Bonchev–Trinajstić information content (AvgIpc) is 2.16. The molecule has 0 bridgehead atoms. The zero-order chi connectivity index (χ0) is 10.7. The van der Waals surface area contributed by atoms with E-state index in [1.807, 2.05) is 6.07 Å². The van der Waals surface area contributed by atoms with Gasteiger partial charge < -0.3 is 10.4 Å². The first-order valence-corrected chi connectivity index (χ1v) is 4.77. The third-order valence-electron chi connectivity index (χ3n) is 2.33. The SMILES string of the molecule is C=Cc1c(C(C)C)ccc(O)c1NC. The molecule has 0 fully saturated rings.